The molecule has 0 bridgehead atoms. The van der Waals surface area contributed by atoms with Crippen molar-refractivity contribution >= 4 is 41.5 Å². The predicted octanol–water partition coefficient (Wildman–Crippen LogP) is 2.63. The number of nitrogens with zero attached hydrogens (tertiary/aromatic N) is 3. The third kappa shape index (κ3) is 6.87. The standard InChI is InChI=1S/C22H33N5O2.HI/c1-3-13-26-15-10-18(11-16-26)25-22(23-4-2)24-12-7-14-27-19-8-5-6-9-20(19)29-17-21(27)28;/h3,5-6,8-9,18H,1,4,7,10-17H2,2H3,(H2,23,24,25);1H. The van der Waals surface area contributed by atoms with Crippen LogP contribution in [0.15, 0.2) is 41.9 Å². The van der Waals surface area contributed by atoms with Crippen molar-refractivity contribution in [1.29, 1.82) is 0 Å². The number of nitrogens with one attached hydrogen (secondary N) is 2. The first-order valence-electron chi connectivity index (χ1n) is 10.6. The van der Waals surface area contributed by atoms with Gasteiger partial charge in [0.25, 0.3) is 5.91 Å². The number of fused-ring (bicyclic) bond motifs is 1. The van der Waals surface area contributed by atoms with Crippen molar-refractivity contribution in [2.75, 3.05) is 50.8 Å². The van der Waals surface area contributed by atoms with Crippen LogP contribution in [-0.2, 0) is 4.79 Å². The molecule has 3 rings (SSSR count). The molecule has 8 heteroatoms. The third-order valence-corrected chi connectivity index (χ3v) is 5.28. The number of halogens is 1. The topological polar surface area (TPSA) is 69.2 Å². The Labute approximate surface area is 197 Å². The predicted molar refractivity (Wildman–Crippen MR) is 133 cm³/mol. The fourth-order valence-corrected chi connectivity index (χ4v) is 3.77. The maximum absolute atomic E-state index is 12.3. The highest BCUT2D eigenvalue weighted by Gasteiger charge is 2.24. The molecule has 0 spiro atoms. The van der Waals surface area contributed by atoms with Crippen molar-refractivity contribution in [2.45, 2.75) is 32.2 Å². The van der Waals surface area contributed by atoms with Gasteiger partial charge in [-0.25, -0.2) is 0 Å². The summed E-state index contributed by atoms with van der Waals surface area (Å²) in [6, 6.07) is 8.13. The molecule has 30 heavy (non-hydrogen) atoms. The van der Waals surface area contributed by atoms with Gasteiger partial charge >= 0.3 is 0 Å². The van der Waals surface area contributed by atoms with Crippen molar-refractivity contribution in [3.8, 4) is 5.75 Å². The van der Waals surface area contributed by atoms with Gasteiger partial charge in [0.05, 0.1) is 5.69 Å². The van der Waals surface area contributed by atoms with E-state index in [1.54, 1.807) is 0 Å². The summed E-state index contributed by atoms with van der Waals surface area (Å²) in [5.41, 5.74) is 0.851. The summed E-state index contributed by atoms with van der Waals surface area (Å²) in [5.74, 6) is 1.64. The second-order valence-corrected chi connectivity index (χ2v) is 7.42. The molecule has 1 aromatic carbocycles. The van der Waals surface area contributed by atoms with Gasteiger partial charge in [0.1, 0.15) is 5.75 Å². The zero-order valence-electron chi connectivity index (χ0n) is 17.8. The molecule has 2 aliphatic rings. The summed E-state index contributed by atoms with van der Waals surface area (Å²) in [7, 11) is 0. The van der Waals surface area contributed by atoms with Gasteiger partial charge in [0, 0.05) is 45.3 Å². The first-order chi connectivity index (χ1) is 14.2. The minimum atomic E-state index is 0. The molecule has 1 fully saturated rings. The summed E-state index contributed by atoms with van der Waals surface area (Å²) in [6.07, 6.45) is 4.99. The van der Waals surface area contributed by atoms with Crippen LogP contribution in [0.3, 0.4) is 0 Å². The number of carbonyl (C=O) groups is 1. The second kappa shape index (κ2) is 12.8. The summed E-state index contributed by atoms with van der Waals surface area (Å²) >= 11 is 0. The Morgan fingerprint density at radius 2 is 2.10 bits per heavy atom. The summed E-state index contributed by atoms with van der Waals surface area (Å²) < 4.78 is 5.50. The molecule has 1 saturated heterocycles. The highest BCUT2D eigenvalue weighted by atomic mass is 127. The lowest BCUT2D eigenvalue weighted by atomic mass is 10.1. The zero-order chi connectivity index (χ0) is 20.5. The number of rotatable bonds is 8. The van der Waals surface area contributed by atoms with E-state index in [1.165, 1.54) is 0 Å². The van der Waals surface area contributed by atoms with E-state index in [-0.39, 0.29) is 36.5 Å². The molecular weight excluding hydrogens is 493 g/mol. The summed E-state index contributed by atoms with van der Waals surface area (Å²) in [5, 5.41) is 6.91. The maximum Gasteiger partial charge on any atom is 0.265 e. The number of para-hydroxylation sites is 2. The van der Waals surface area contributed by atoms with Gasteiger partial charge < -0.3 is 20.3 Å². The molecule has 2 heterocycles. The number of guanidine groups is 1. The number of ether oxygens (including phenoxy) is 1. The highest BCUT2D eigenvalue weighted by Crippen LogP contribution is 2.31. The molecule has 0 aromatic heterocycles. The van der Waals surface area contributed by atoms with Gasteiger partial charge in [-0.3, -0.25) is 14.7 Å². The molecule has 0 unspecified atom stereocenters. The number of benzene rings is 1. The number of amides is 1. The van der Waals surface area contributed by atoms with Gasteiger partial charge in [-0.15, -0.1) is 30.6 Å². The van der Waals surface area contributed by atoms with E-state index < -0.39 is 0 Å². The maximum atomic E-state index is 12.3. The first-order valence-corrected chi connectivity index (χ1v) is 10.6. The largest absolute Gasteiger partial charge is 0.482 e. The van der Waals surface area contributed by atoms with E-state index in [4.69, 9.17) is 9.73 Å². The number of anilines is 1. The van der Waals surface area contributed by atoms with Crippen LogP contribution >= 0.6 is 24.0 Å². The zero-order valence-corrected chi connectivity index (χ0v) is 20.1. The van der Waals surface area contributed by atoms with E-state index in [2.05, 4.69) is 29.0 Å². The molecule has 0 radical (unpaired) electrons. The van der Waals surface area contributed by atoms with E-state index in [0.717, 1.165) is 62.8 Å². The Morgan fingerprint density at radius 1 is 1.33 bits per heavy atom. The molecule has 2 aliphatic heterocycles. The van der Waals surface area contributed by atoms with Crippen LogP contribution in [-0.4, -0.2) is 68.7 Å². The minimum absolute atomic E-state index is 0. The monoisotopic (exact) mass is 527 g/mol. The Balaban J connectivity index is 0.00000320. The molecule has 2 N–H and O–H groups in total. The third-order valence-electron chi connectivity index (χ3n) is 5.28. The molecule has 0 atom stereocenters. The molecular formula is C22H34IN5O2. The number of likely N-dealkylation sites (tertiary alicyclic amines) is 1. The SMILES string of the molecule is C=CCN1CCC(NC(=NCCCN2C(=O)COc3ccccc32)NCC)CC1.I. The number of carbonyl (C=O) groups excluding carboxylic acids is 1. The molecule has 7 nitrogen and oxygen atoms in total. The number of piperidine rings is 1. The van der Waals surface area contributed by atoms with E-state index >= 15 is 0 Å². The van der Waals surface area contributed by atoms with Crippen molar-refractivity contribution in [3.05, 3.63) is 36.9 Å². The molecule has 1 aromatic rings. The van der Waals surface area contributed by atoms with Crippen LogP contribution in [0.5, 0.6) is 5.75 Å². The van der Waals surface area contributed by atoms with Crippen molar-refractivity contribution in [1.82, 2.24) is 15.5 Å². The van der Waals surface area contributed by atoms with E-state index in [9.17, 15) is 4.79 Å². The Hall–Kier alpha value is -1.81. The molecule has 166 valence electrons. The lowest BCUT2D eigenvalue weighted by Crippen LogP contribution is -2.48. The van der Waals surface area contributed by atoms with Gasteiger partial charge in [0.2, 0.25) is 0 Å². The average molecular weight is 527 g/mol. The average Bonchev–Trinajstić information content (AvgIpc) is 2.74. The quantitative estimate of drug-likeness (QED) is 0.179. The Morgan fingerprint density at radius 3 is 2.83 bits per heavy atom. The normalized spacial score (nSPS) is 17.6. The first kappa shape index (κ1) is 24.5. The van der Waals surface area contributed by atoms with Crippen molar-refractivity contribution < 1.29 is 9.53 Å². The van der Waals surface area contributed by atoms with Crippen LogP contribution in [0.2, 0.25) is 0 Å². The highest BCUT2D eigenvalue weighted by molar-refractivity contribution is 14.0. The Kier molecular flexibility index (Phi) is 10.4. The van der Waals surface area contributed by atoms with E-state index in [1.807, 2.05) is 35.2 Å². The van der Waals surface area contributed by atoms with Crippen LogP contribution in [0, 0.1) is 0 Å². The fourth-order valence-electron chi connectivity index (χ4n) is 3.77. The van der Waals surface area contributed by atoms with Gasteiger partial charge in [-0.05, 0) is 38.3 Å². The lowest BCUT2D eigenvalue weighted by molar-refractivity contribution is -0.121. The second-order valence-electron chi connectivity index (χ2n) is 7.42. The van der Waals surface area contributed by atoms with Crippen molar-refractivity contribution in [2.24, 2.45) is 4.99 Å². The number of hydrogen-bond acceptors (Lipinski definition) is 4. The minimum Gasteiger partial charge on any atom is -0.482 e. The van der Waals surface area contributed by atoms with Crippen molar-refractivity contribution in [3.63, 3.8) is 0 Å². The molecule has 0 saturated carbocycles. The van der Waals surface area contributed by atoms with Crippen LogP contribution in [0.25, 0.3) is 0 Å². The van der Waals surface area contributed by atoms with Crippen LogP contribution < -0.4 is 20.3 Å². The van der Waals surface area contributed by atoms with Gasteiger partial charge in [-0.1, -0.05) is 18.2 Å². The Bertz CT molecular complexity index is 719. The van der Waals surface area contributed by atoms with Gasteiger partial charge in [-0.2, -0.15) is 0 Å². The molecule has 1 amide bonds. The summed E-state index contributed by atoms with van der Waals surface area (Å²) in [6.45, 7) is 11.3. The smallest absolute Gasteiger partial charge is 0.265 e. The van der Waals surface area contributed by atoms with E-state index in [0.29, 0.717) is 19.1 Å². The fraction of sp³-hybridized carbons (Fsp3) is 0.545. The number of hydrogen-bond donors (Lipinski definition) is 2. The van der Waals surface area contributed by atoms with Crippen LogP contribution in [0.1, 0.15) is 26.2 Å². The van der Waals surface area contributed by atoms with Gasteiger partial charge in [0.15, 0.2) is 12.6 Å². The molecule has 0 aliphatic carbocycles. The summed E-state index contributed by atoms with van der Waals surface area (Å²) in [4.78, 5) is 21.2. The number of aliphatic imine (C=N–C) groups is 1. The van der Waals surface area contributed by atoms with Crippen LogP contribution in [0.4, 0.5) is 5.69 Å². The lowest BCUT2D eigenvalue weighted by Gasteiger charge is -2.32.